The molecule has 3 nitrogen and oxygen atoms in total. The van der Waals surface area contributed by atoms with Crippen molar-refractivity contribution in [2.45, 2.75) is 32.4 Å². The van der Waals surface area contributed by atoms with Crippen molar-refractivity contribution in [3.63, 3.8) is 0 Å². The summed E-state index contributed by atoms with van der Waals surface area (Å²) in [6.07, 6.45) is 0. The Labute approximate surface area is 108 Å². The molecule has 1 aromatic heterocycles. The van der Waals surface area contributed by atoms with Crippen molar-refractivity contribution in [1.29, 1.82) is 0 Å². The average Bonchev–Trinajstić information content (AvgIpc) is 2.62. The van der Waals surface area contributed by atoms with E-state index >= 15 is 0 Å². The number of halogens is 1. The van der Waals surface area contributed by atoms with Gasteiger partial charge < -0.3 is 5.11 Å². The van der Waals surface area contributed by atoms with E-state index in [1.807, 2.05) is 30.3 Å². The summed E-state index contributed by atoms with van der Waals surface area (Å²) in [5.74, 6) is -0.808. The number of rotatable bonds is 4. The zero-order valence-electron chi connectivity index (χ0n) is 9.82. The minimum absolute atomic E-state index is 0.0856. The SMILES string of the molecule is CC(c1cc(Br)cs1)N(C)C(C)(C)C(=O)O. The van der Waals surface area contributed by atoms with Gasteiger partial charge in [-0.1, -0.05) is 0 Å². The highest BCUT2D eigenvalue weighted by Gasteiger charge is 2.35. The number of thiophene rings is 1. The Morgan fingerprint density at radius 2 is 2.19 bits per heavy atom. The van der Waals surface area contributed by atoms with Crippen LogP contribution in [0.3, 0.4) is 0 Å². The minimum atomic E-state index is -0.865. The molecule has 1 unspecified atom stereocenters. The molecule has 0 saturated carbocycles. The van der Waals surface area contributed by atoms with Gasteiger partial charge in [0, 0.05) is 20.8 Å². The normalized spacial score (nSPS) is 14.1. The Morgan fingerprint density at radius 1 is 1.62 bits per heavy atom. The van der Waals surface area contributed by atoms with Crippen molar-refractivity contribution in [1.82, 2.24) is 4.90 Å². The van der Waals surface area contributed by atoms with E-state index in [9.17, 15) is 4.79 Å². The molecule has 0 spiro atoms. The van der Waals surface area contributed by atoms with Crippen LogP contribution in [-0.4, -0.2) is 28.6 Å². The van der Waals surface area contributed by atoms with Gasteiger partial charge in [-0.15, -0.1) is 11.3 Å². The van der Waals surface area contributed by atoms with Gasteiger partial charge in [-0.2, -0.15) is 0 Å². The van der Waals surface area contributed by atoms with E-state index in [1.54, 1.807) is 25.2 Å². The lowest BCUT2D eigenvalue weighted by atomic mass is 10.0. The third-order valence-electron chi connectivity index (χ3n) is 2.99. The second-order valence-corrected chi connectivity index (χ2v) is 6.18. The van der Waals surface area contributed by atoms with Crippen molar-refractivity contribution in [3.8, 4) is 0 Å². The van der Waals surface area contributed by atoms with Gasteiger partial charge in [0.2, 0.25) is 0 Å². The van der Waals surface area contributed by atoms with E-state index in [0.717, 1.165) is 9.35 Å². The topological polar surface area (TPSA) is 40.5 Å². The molecule has 0 aliphatic heterocycles. The van der Waals surface area contributed by atoms with E-state index in [0.29, 0.717) is 0 Å². The first-order valence-electron chi connectivity index (χ1n) is 4.97. The maximum atomic E-state index is 11.2. The van der Waals surface area contributed by atoms with Gasteiger partial charge in [0.05, 0.1) is 0 Å². The maximum absolute atomic E-state index is 11.2. The number of aliphatic carboxylic acids is 1. The Morgan fingerprint density at radius 3 is 2.56 bits per heavy atom. The molecule has 0 saturated heterocycles. The highest BCUT2D eigenvalue weighted by atomic mass is 79.9. The molecule has 1 rings (SSSR count). The minimum Gasteiger partial charge on any atom is -0.480 e. The van der Waals surface area contributed by atoms with Crippen LogP contribution in [0.25, 0.3) is 0 Å². The van der Waals surface area contributed by atoms with Gasteiger partial charge in [-0.05, 0) is 49.8 Å². The second kappa shape index (κ2) is 4.85. The van der Waals surface area contributed by atoms with Crippen LogP contribution in [0.2, 0.25) is 0 Å². The van der Waals surface area contributed by atoms with Crippen LogP contribution >= 0.6 is 27.3 Å². The van der Waals surface area contributed by atoms with E-state index in [2.05, 4.69) is 15.9 Å². The summed E-state index contributed by atoms with van der Waals surface area (Å²) >= 11 is 5.04. The third-order valence-corrected chi connectivity index (χ3v) is 4.85. The van der Waals surface area contributed by atoms with Gasteiger partial charge >= 0.3 is 5.97 Å². The third kappa shape index (κ3) is 2.64. The smallest absolute Gasteiger partial charge is 0.323 e. The summed E-state index contributed by atoms with van der Waals surface area (Å²) < 4.78 is 1.04. The molecule has 90 valence electrons. The fourth-order valence-electron chi connectivity index (χ4n) is 1.37. The van der Waals surface area contributed by atoms with Crippen LogP contribution in [0.15, 0.2) is 15.9 Å². The summed E-state index contributed by atoms with van der Waals surface area (Å²) in [5.41, 5.74) is -0.865. The highest BCUT2D eigenvalue weighted by molar-refractivity contribution is 9.10. The molecule has 0 amide bonds. The van der Waals surface area contributed by atoms with Crippen LogP contribution in [0.1, 0.15) is 31.7 Å². The number of hydrogen-bond donors (Lipinski definition) is 1. The molecule has 0 aliphatic carbocycles. The fraction of sp³-hybridized carbons (Fsp3) is 0.545. The number of nitrogens with zero attached hydrogens (tertiary/aromatic N) is 1. The predicted molar refractivity (Wildman–Crippen MR) is 69.9 cm³/mol. The molecule has 16 heavy (non-hydrogen) atoms. The molecule has 1 aromatic rings. The van der Waals surface area contributed by atoms with Crippen molar-refractivity contribution in [3.05, 3.63) is 20.8 Å². The molecule has 0 fully saturated rings. The first kappa shape index (κ1) is 13.7. The number of carboxylic acid groups (broad SMARTS) is 1. The molecule has 0 radical (unpaired) electrons. The Hall–Kier alpha value is -0.390. The fourth-order valence-corrected chi connectivity index (χ4v) is 2.92. The molecular formula is C11H16BrNO2S. The van der Waals surface area contributed by atoms with E-state index in [1.165, 1.54) is 0 Å². The molecule has 5 heteroatoms. The lowest BCUT2D eigenvalue weighted by molar-refractivity contribution is -0.149. The predicted octanol–water partition coefficient (Wildman–Crippen LogP) is 3.37. The standard InChI is InChI=1S/C11H16BrNO2S/c1-7(9-5-8(12)6-16-9)13(4)11(2,3)10(14)15/h5-7H,1-4H3,(H,14,15). The van der Waals surface area contributed by atoms with Crippen molar-refractivity contribution < 1.29 is 9.90 Å². The zero-order valence-corrected chi connectivity index (χ0v) is 12.2. The summed E-state index contributed by atoms with van der Waals surface area (Å²) in [7, 11) is 1.84. The molecular weight excluding hydrogens is 290 g/mol. The highest BCUT2D eigenvalue weighted by Crippen LogP contribution is 2.32. The molecule has 0 bridgehead atoms. The Bertz CT molecular complexity index is 389. The number of carbonyl (C=O) groups is 1. The van der Waals surface area contributed by atoms with Crippen LogP contribution in [-0.2, 0) is 4.79 Å². The number of likely N-dealkylation sites (N-methyl/N-ethyl adjacent to an activating group) is 1. The summed E-state index contributed by atoms with van der Waals surface area (Å²) in [4.78, 5) is 14.2. The lowest BCUT2D eigenvalue weighted by Crippen LogP contribution is -2.48. The largest absolute Gasteiger partial charge is 0.480 e. The van der Waals surface area contributed by atoms with Gasteiger partial charge in [-0.3, -0.25) is 9.69 Å². The molecule has 0 aliphatic rings. The van der Waals surface area contributed by atoms with Gasteiger partial charge in [0.25, 0.3) is 0 Å². The first-order chi connectivity index (χ1) is 7.26. The molecule has 1 N–H and O–H groups in total. The molecule has 0 aromatic carbocycles. The number of hydrogen-bond acceptors (Lipinski definition) is 3. The van der Waals surface area contributed by atoms with Crippen LogP contribution < -0.4 is 0 Å². The van der Waals surface area contributed by atoms with Crippen molar-refractivity contribution in [2.24, 2.45) is 0 Å². The van der Waals surface area contributed by atoms with Crippen LogP contribution in [0, 0.1) is 0 Å². The van der Waals surface area contributed by atoms with E-state index in [4.69, 9.17) is 5.11 Å². The van der Waals surface area contributed by atoms with E-state index in [-0.39, 0.29) is 6.04 Å². The summed E-state index contributed by atoms with van der Waals surface area (Å²) in [5, 5.41) is 11.2. The van der Waals surface area contributed by atoms with Gasteiger partial charge in [0.15, 0.2) is 0 Å². The van der Waals surface area contributed by atoms with Crippen LogP contribution in [0.5, 0.6) is 0 Å². The summed E-state index contributed by atoms with van der Waals surface area (Å²) in [6, 6.07) is 2.12. The Kier molecular flexibility index (Phi) is 4.15. The number of carboxylic acids is 1. The first-order valence-corrected chi connectivity index (χ1v) is 6.64. The molecule has 1 atom stereocenters. The lowest BCUT2D eigenvalue weighted by Gasteiger charge is -2.35. The summed E-state index contributed by atoms with van der Waals surface area (Å²) in [6.45, 7) is 5.45. The van der Waals surface area contributed by atoms with Crippen LogP contribution in [0.4, 0.5) is 0 Å². The molecule has 1 heterocycles. The second-order valence-electron chi connectivity index (χ2n) is 4.32. The van der Waals surface area contributed by atoms with Crippen molar-refractivity contribution >= 4 is 33.2 Å². The Balaban J connectivity index is 2.90. The quantitative estimate of drug-likeness (QED) is 0.927. The van der Waals surface area contributed by atoms with E-state index < -0.39 is 11.5 Å². The maximum Gasteiger partial charge on any atom is 0.323 e. The monoisotopic (exact) mass is 305 g/mol. The van der Waals surface area contributed by atoms with Crippen molar-refractivity contribution in [2.75, 3.05) is 7.05 Å². The zero-order chi connectivity index (χ0) is 12.5. The average molecular weight is 306 g/mol. The van der Waals surface area contributed by atoms with Gasteiger partial charge in [0.1, 0.15) is 5.54 Å². The van der Waals surface area contributed by atoms with Gasteiger partial charge in [-0.25, -0.2) is 0 Å².